The number of likely N-dealkylation sites (tertiary alicyclic amines) is 2. The van der Waals surface area contributed by atoms with Gasteiger partial charge in [0.1, 0.15) is 23.7 Å². The zero-order valence-corrected chi connectivity index (χ0v) is 35.1. The standard InChI is InChI=1S/C46H54N8O6/c1-24(2)36(51-44(57)59-5)42(55)53-23-46(17-18-46)21-35(53)40-48-33-16-13-29-19-28(12-15-32(29)38(33)50-40)26-7-9-27(10-8-26)34-22-47-41(49-34)39-30-11-14-31(20-30)54(39)43(56)37(25(3)4)52-45(58)60-6/h7-10,12-13,15-16,19,22,24-25,30-31,35-37,39H,11,14,17-18,20-21,23H2,1-6H3,(H,47,49)(H,48,50)(H,51,57)(H,52,58)/t30-,31+,35-,36-,37-,39-/m0/s1. The average molecular weight is 815 g/mol. The number of alkyl carbamates (subject to hydrolysis) is 2. The SMILES string of the molecule is COC(=O)N[C@H](C(=O)N1CC2(CC2)C[C@H]1c1nc2c(ccc3cc(-c4ccc(-c5cnc([C@@H]6[C@H]7CC[C@H](C7)N6C(=O)[C@@H](NC(=O)OC)C(C)C)[nH]5)cc4)ccc32)[nH]1)C(C)C. The Labute approximate surface area is 349 Å². The zero-order valence-electron chi connectivity index (χ0n) is 35.1. The Morgan fingerprint density at radius 2 is 1.47 bits per heavy atom. The van der Waals surface area contributed by atoms with Crippen LogP contribution in [0, 0.1) is 23.2 Å². The molecule has 60 heavy (non-hydrogen) atoms. The molecule has 3 aromatic carbocycles. The number of aromatic amines is 2. The number of imidazole rings is 2. The predicted molar refractivity (Wildman–Crippen MR) is 226 cm³/mol. The molecular weight excluding hydrogens is 761 g/mol. The van der Waals surface area contributed by atoms with Gasteiger partial charge in [0.05, 0.1) is 49.2 Å². The van der Waals surface area contributed by atoms with Crippen molar-refractivity contribution in [1.29, 1.82) is 0 Å². The molecular formula is C46H54N8O6. The van der Waals surface area contributed by atoms with Gasteiger partial charge in [0, 0.05) is 18.0 Å². The molecule has 2 aliphatic heterocycles. The molecule has 2 aliphatic carbocycles. The Balaban J connectivity index is 0.937. The van der Waals surface area contributed by atoms with E-state index in [2.05, 4.69) is 75.2 Å². The molecule has 314 valence electrons. The molecule has 9 rings (SSSR count). The van der Waals surface area contributed by atoms with E-state index in [1.165, 1.54) is 14.2 Å². The number of amides is 4. The van der Waals surface area contributed by atoms with Gasteiger partial charge in [-0.3, -0.25) is 9.59 Å². The van der Waals surface area contributed by atoms with Crippen molar-refractivity contribution in [2.24, 2.45) is 23.2 Å². The largest absolute Gasteiger partial charge is 0.453 e. The van der Waals surface area contributed by atoms with Gasteiger partial charge in [0.25, 0.3) is 0 Å². The van der Waals surface area contributed by atoms with Crippen molar-refractivity contribution < 1.29 is 28.7 Å². The first-order chi connectivity index (χ1) is 28.9. The molecule has 2 bridgehead atoms. The Hall–Kier alpha value is -5.92. The fraction of sp³-hybridized carbons (Fsp3) is 0.478. The van der Waals surface area contributed by atoms with E-state index in [0.717, 1.165) is 94.4 Å². The van der Waals surface area contributed by atoms with Gasteiger partial charge < -0.3 is 39.9 Å². The highest BCUT2D eigenvalue weighted by molar-refractivity contribution is 6.05. The number of rotatable bonds is 10. The second-order valence-electron chi connectivity index (χ2n) is 18.1. The zero-order chi connectivity index (χ0) is 42.0. The van der Waals surface area contributed by atoms with Crippen LogP contribution in [0.4, 0.5) is 9.59 Å². The van der Waals surface area contributed by atoms with E-state index in [1.807, 2.05) is 43.7 Å². The summed E-state index contributed by atoms with van der Waals surface area (Å²) in [4.78, 5) is 73.2. The lowest BCUT2D eigenvalue weighted by atomic mass is 9.95. The van der Waals surface area contributed by atoms with E-state index in [-0.39, 0.29) is 47.2 Å². The molecule has 0 radical (unpaired) electrons. The average Bonchev–Trinajstić information content (AvgIpc) is 3.86. The fourth-order valence-corrected chi connectivity index (χ4v) is 10.1. The number of carbonyl (C=O) groups excluding carboxylic acids is 4. The molecule has 5 aromatic rings. The third-order valence-corrected chi connectivity index (χ3v) is 13.6. The van der Waals surface area contributed by atoms with Gasteiger partial charge >= 0.3 is 12.2 Å². The van der Waals surface area contributed by atoms with Crippen molar-refractivity contribution >= 4 is 45.8 Å². The third kappa shape index (κ3) is 7.02. The first kappa shape index (κ1) is 39.5. The van der Waals surface area contributed by atoms with Crippen LogP contribution in [0.2, 0.25) is 0 Å². The molecule has 14 heteroatoms. The maximum absolute atomic E-state index is 14.0. The van der Waals surface area contributed by atoms with Crippen LogP contribution in [0.25, 0.3) is 44.2 Å². The number of piperidine rings is 1. The predicted octanol–water partition coefficient (Wildman–Crippen LogP) is 7.64. The quantitative estimate of drug-likeness (QED) is 0.111. The van der Waals surface area contributed by atoms with Crippen LogP contribution in [0.15, 0.2) is 60.8 Å². The van der Waals surface area contributed by atoms with Crippen molar-refractivity contribution in [3.05, 3.63) is 72.4 Å². The summed E-state index contributed by atoms with van der Waals surface area (Å²) in [7, 11) is 2.62. The molecule has 0 unspecified atom stereocenters. The first-order valence-electron chi connectivity index (χ1n) is 21.3. The van der Waals surface area contributed by atoms with E-state index >= 15 is 0 Å². The highest BCUT2D eigenvalue weighted by atomic mass is 16.5. The molecule has 2 saturated carbocycles. The van der Waals surface area contributed by atoms with Crippen LogP contribution >= 0.6 is 0 Å². The number of nitrogens with one attached hydrogen (secondary N) is 4. The molecule has 4 aliphatic rings. The number of H-pyrrole nitrogens is 2. The van der Waals surface area contributed by atoms with E-state index in [1.54, 1.807) is 0 Å². The van der Waals surface area contributed by atoms with Crippen molar-refractivity contribution in [1.82, 2.24) is 40.4 Å². The maximum Gasteiger partial charge on any atom is 0.407 e. The number of carbonyl (C=O) groups is 4. The summed E-state index contributed by atoms with van der Waals surface area (Å²) in [5.41, 5.74) is 5.91. The highest BCUT2D eigenvalue weighted by Crippen LogP contribution is 2.58. The number of aromatic nitrogens is 4. The van der Waals surface area contributed by atoms with Gasteiger partial charge in [-0.1, -0.05) is 70.2 Å². The number of methoxy groups -OCH3 is 2. The van der Waals surface area contributed by atoms with Gasteiger partial charge in [0.15, 0.2) is 0 Å². The number of ether oxygens (including phenoxy) is 2. The van der Waals surface area contributed by atoms with Crippen LogP contribution in [0.5, 0.6) is 0 Å². The molecule has 4 N–H and O–H groups in total. The van der Waals surface area contributed by atoms with Gasteiger partial charge in [-0.25, -0.2) is 19.6 Å². The van der Waals surface area contributed by atoms with Crippen LogP contribution in [-0.2, 0) is 19.1 Å². The normalized spacial score (nSPS) is 22.5. The molecule has 1 spiro atoms. The van der Waals surface area contributed by atoms with Crippen molar-refractivity contribution in [3.63, 3.8) is 0 Å². The van der Waals surface area contributed by atoms with E-state index in [9.17, 15) is 19.2 Å². The summed E-state index contributed by atoms with van der Waals surface area (Å²) in [5.74, 6) is 1.43. The molecule has 2 saturated heterocycles. The smallest absolute Gasteiger partial charge is 0.407 e. The number of hydrogen-bond donors (Lipinski definition) is 4. The monoisotopic (exact) mass is 814 g/mol. The van der Waals surface area contributed by atoms with E-state index in [4.69, 9.17) is 19.4 Å². The Bertz CT molecular complexity index is 2470. The summed E-state index contributed by atoms with van der Waals surface area (Å²) in [6.07, 6.45) is 6.55. The molecule has 6 atom stereocenters. The Morgan fingerprint density at radius 3 is 2.13 bits per heavy atom. The molecule has 2 aromatic heterocycles. The Kier molecular flexibility index (Phi) is 10.1. The third-order valence-electron chi connectivity index (χ3n) is 13.6. The maximum atomic E-state index is 14.0. The van der Waals surface area contributed by atoms with E-state index in [0.29, 0.717) is 12.5 Å². The van der Waals surface area contributed by atoms with E-state index < -0.39 is 24.3 Å². The molecule has 4 amide bonds. The van der Waals surface area contributed by atoms with Crippen molar-refractivity contribution in [3.8, 4) is 22.4 Å². The van der Waals surface area contributed by atoms with Gasteiger partial charge in [-0.05, 0) is 95.9 Å². The summed E-state index contributed by atoms with van der Waals surface area (Å²) < 4.78 is 9.67. The summed E-state index contributed by atoms with van der Waals surface area (Å²) in [5, 5.41) is 7.61. The summed E-state index contributed by atoms with van der Waals surface area (Å²) in [6, 6.07) is 17.3. The summed E-state index contributed by atoms with van der Waals surface area (Å²) in [6.45, 7) is 8.37. The van der Waals surface area contributed by atoms with Crippen LogP contribution in [0.3, 0.4) is 0 Å². The Morgan fingerprint density at radius 1 is 0.800 bits per heavy atom. The van der Waals surface area contributed by atoms with Crippen LogP contribution < -0.4 is 10.6 Å². The lowest BCUT2D eigenvalue weighted by molar-refractivity contribution is -0.139. The number of benzene rings is 3. The minimum Gasteiger partial charge on any atom is -0.453 e. The molecule has 4 heterocycles. The van der Waals surface area contributed by atoms with Crippen molar-refractivity contribution in [2.75, 3.05) is 20.8 Å². The van der Waals surface area contributed by atoms with Crippen LogP contribution in [-0.4, -0.2) is 92.6 Å². The highest BCUT2D eigenvalue weighted by Gasteiger charge is 2.55. The van der Waals surface area contributed by atoms with Gasteiger partial charge in [-0.15, -0.1) is 0 Å². The van der Waals surface area contributed by atoms with Crippen molar-refractivity contribution in [2.45, 2.75) is 96.4 Å². The number of hydrogen-bond acceptors (Lipinski definition) is 8. The number of fused-ring (bicyclic) bond motifs is 5. The second-order valence-corrected chi connectivity index (χ2v) is 18.1. The summed E-state index contributed by atoms with van der Waals surface area (Å²) >= 11 is 0. The first-order valence-corrected chi connectivity index (χ1v) is 21.3. The second kappa shape index (κ2) is 15.3. The molecule has 4 fully saturated rings. The lowest BCUT2D eigenvalue weighted by Crippen LogP contribution is -2.54. The fourth-order valence-electron chi connectivity index (χ4n) is 10.1. The van der Waals surface area contributed by atoms with Gasteiger partial charge in [-0.2, -0.15) is 0 Å². The van der Waals surface area contributed by atoms with Gasteiger partial charge in [0.2, 0.25) is 11.8 Å². The lowest BCUT2D eigenvalue weighted by Gasteiger charge is -2.37. The molecule has 14 nitrogen and oxygen atoms in total. The minimum atomic E-state index is -0.694. The number of nitrogens with zero attached hydrogens (tertiary/aromatic N) is 4. The van der Waals surface area contributed by atoms with Crippen LogP contribution in [0.1, 0.15) is 90.0 Å². The minimum absolute atomic E-state index is 0.0937. The topological polar surface area (TPSA) is 175 Å².